The van der Waals surface area contributed by atoms with Gasteiger partial charge in [0.25, 0.3) is 0 Å². The second-order valence-corrected chi connectivity index (χ2v) is 29.3. The number of phenolic OH excluding ortho intramolecular Hbond substituents is 2. The van der Waals surface area contributed by atoms with Crippen molar-refractivity contribution in [2.24, 2.45) is 5.73 Å². The standard InChI is InChI=1S/C78H104N12O18S/c1-5-7-9-11-13-17-37-85(46-64(94)83-57(69(79)99)34-35-67(97)98)74(104)60-25-21-42-90(60)75(105)61-26-22-41-89(61)72(102)48(3)81-71(101)68(49(4)91)84-70(100)58-23-19-39-87(58)66(96)47-86(38-18-14-12-10-8-6-2)73(103)59-24-20-40-88(59)65(95)27-15-16-36-80-77(109)82-50-28-31-53-56(43-50)78(108-76(53)106)54-32-29-51(92)44-62(54)107-63-45-52(93)30-33-55(63)78/h5-6,28-33,43-45,48-49,57-61,68,91-93H,1-2,7-27,34-42,46-47H2,3-4H3,(H2,79,99)(H,81,101)(H,83,94)(H,84,100)(H,97,98)(H2,80,82,109)/t48-,49+,57-,58-,59-,60-,61-,68-/m0/s1. The van der Waals surface area contributed by atoms with Crippen LogP contribution in [0.1, 0.15) is 189 Å². The third-order valence-corrected chi connectivity index (χ3v) is 21.3. The van der Waals surface area contributed by atoms with Crippen LogP contribution in [0.25, 0.3) is 0 Å². The first-order valence-electron chi connectivity index (χ1n) is 38.1. The number of fused-ring (bicyclic) bond motifs is 6. The van der Waals surface area contributed by atoms with Crippen molar-refractivity contribution in [3.05, 3.63) is 102 Å². The highest BCUT2D eigenvalue weighted by Gasteiger charge is 2.54. The number of nitrogens with zero attached hydrogens (tertiary/aromatic N) is 6. The number of aliphatic hydroxyl groups excluding tert-OH is 1. The summed E-state index contributed by atoms with van der Waals surface area (Å²) in [4.78, 5) is 174. The Hall–Kier alpha value is -10.2. The van der Waals surface area contributed by atoms with Crippen molar-refractivity contribution in [3.63, 3.8) is 0 Å². The number of carboxylic acid groups (broad SMARTS) is 1. The van der Waals surface area contributed by atoms with Gasteiger partial charge < -0.3 is 91.6 Å². The van der Waals surface area contributed by atoms with Gasteiger partial charge in [0.2, 0.25) is 59.1 Å². The van der Waals surface area contributed by atoms with Gasteiger partial charge in [-0.05, 0) is 178 Å². The Bertz CT molecular complexity index is 3860. The molecule has 3 aromatic rings. The van der Waals surface area contributed by atoms with Crippen LogP contribution in [-0.4, -0.2) is 233 Å². The summed E-state index contributed by atoms with van der Waals surface area (Å²) >= 11 is 5.69. The molecule has 8 atom stereocenters. The zero-order valence-corrected chi connectivity index (χ0v) is 63.0. The molecule has 590 valence electrons. The van der Waals surface area contributed by atoms with Gasteiger partial charge in [-0.25, -0.2) is 4.79 Å². The molecule has 1 spiro atoms. The predicted molar refractivity (Wildman–Crippen MR) is 404 cm³/mol. The van der Waals surface area contributed by atoms with Crippen LogP contribution in [0.5, 0.6) is 23.0 Å². The van der Waals surface area contributed by atoms with Crippen LogP contribution in [0, 0.1) is 0 Å². The highest BCUT2D eigenvalue weighted by molar-refractivity contribution is 7.80. The van der Waals surface area contributed by atoms with Crippen molar-refractivity contribution in [1.82, 2.24) is 50.7 Å². The molecule has 0 bridgehead atoms. The second kappa shape index (κ2) is 38.8. The number of aromatic hydroxyl groups is 2. The van der Waals surface area contributed by atoms with E-state index in [1.165, 1.54) is 62.6 Å². The van der Waals surface area contributed by atoms with Crippen LogP contribution in [0.4, 0.5) is 5.69 Å². The van der Waals surface area contributed by atoms with Crippen molar-refractivity contribution < 1.29 is 87.4 Å². The topological polar surface area (TPSA) is 410 Å². The number of hydrogen-bond acceptors (Lipinski definition) is 18. The number of phenols is 2. The third-order valence-electron chi connectivity index (χ3n) is 21.1. The maximum absolute atomic E-state index is 14.8. The molecule has 9 rings (SSSR count). The van der Waals surface area contributed by atoms with E-state index >= 15 is 0 Å². The Morgan fingerprint density at radius 3 is 1.78 bits per heavy atom. The number of aliphatic carboxylic acids is 1. The zero-order valence-electron chi connectivity index (χ0n) is 62.2. The summed E-state index contributed by atoms with van der Waals surface area (Å²) in [5.41, 5.74) is 6.25. The Kier molecular flexibility index (Phi) is 29.5. The monoisotopic (exact) mass is 1530 g/mol. The van der Waals surface area contributed by atoms with Gasteiger partial charge in [0.15, 0.2) is 10.7 Å². The molecular weight excluding hydrogens is 1420 g/mol. The molecule has 0 aliphatic carbocycles. The number of aliphatic hydroxyl groups is 1. The molecule has 109 heavy (non-hydrogen) atoms. The Morgan fingerprint density at radius 2 is 1.19 bits per heavy atom. The fourth-order valence-corrected chi connectivity index (χ4v) is 15.7. The zero-order chi connectivity index (χ0) is 78.6. The van der Waals surface area contributed by atoms with Crippen LogP contribution in [0.2, 0.25) is 0 Å². The summed E-state index contributed by atoms with van der Waals surface area (Å²) in [6.07, 6.45) is 13.1. The molecule has 6 heterocycles. The van der Waals surface area contributed by atoms with Gasteiger partial charge in [-0.2, -0.15) is 0 Å². The van der Waals surface area contributed by atoms with E-state index in [9.17, 15) is 78.0 Å². The molecule has 31 heteroatoms. The highest BCUT2D eigenvalue weighted by Crippen LogP contribution is 2.57. The van der Waals surface area contributed by atoms with E-state index in [2.05, 4.69) is 39.7 Å². The summed E-state index contributed by atoms with van der Waals surface area (Å²) < 4.78 is 12.3. The van der Waals surface area contributed by atoms with E-state index in [0.717, 1.165) is 44.9 Å². The van der Waals surface area contributed by atoms with Gasteiger partial charge >= 0.3 is 11.9 Å². The number of thiocarbonyl (C=S) groups is 1. The van der Waals surface area contributed by atoms with Gasteiger partial charge in [-0.3, -0.25) is 52.7 Å². The largest absolute Gasteiger partial charge is 0.508 e. The molecule has 4 fully saturated rings. The normalized spacial score (nSPS) is 19.0. The third kappa shape index (κ3) is 20.6. The van der Waals surface area contributed by atoms with Crippen molar-refractivity contribution >= 4 is 94.0 Å². The number of nitrogens with one attached hydrogen (secondary N) is 5. The number of carboxylic acids is 1. The van der Waals surface area contributed by atoms with Gasteiger partial charge in [0.1, 0.15) is 65.3 Å². The summed E-state index contributed by atoms with van der Waals surface area (Å²) in [5, 5.41) is 55.2. The van der Waals surface area contributed by atoms with Gasteiger partial charge in [0.05, 0.1) is 24.8 Å². The van der Waals surface area contributed by atoms with E-state index in [-0.39, 0.29) is 111 Å². The molecule has 3 aromatic carbocycles. The number of allylic oxidation sites excluding steroid dienone is 2. The minimum Gasteiger partial charge on any atom is -0.508 e. The number of rotatable bonds is 38. The van der Waals surface area contributed by atoms with Crippen molar-refractivity contribution in [2.75, 3.05) is 64.2 Å². The van der Waals surface area contributed by atoms with E-state index in [1.54, 1.807) is 35.2 Å². The number of carbonyl (C=O) groups excluding carboxylic acids is 11. The number of anilines is 1. The quantitative estimate of drug-likeness (QED) is 0.0152. The Balaban J connectivity index is 0.769. The number of benzene rings is 3. The molecule has 0 unspecified atom stereocenters. The summed E-state index contributed by atoms with van der Waals surface area (Å²) in [6.45, 7) is 10.9. The number of ether oxygens (including phenoxy) is 2. The van der Waals surface area contributed by atoms with Crippen molar-refractivity contribution in [3.8, 4) is 23.0 Å². The van der Waals surface area contributed by atoms with Gasteiger partial charge in [-0.15, -0.1) is 13.2 Å². The lowest BCUT2D eigenvalue weighted by molar-refractivity contribution is -0.150. The minimum absolute atomic E-state index is 0.0739. The fourth-order valence-electron chi connectivity index (χ4n) is 15.5. The van der Waals surface area contributed by atoms with E-state index < -0.39 is 126 Å². The highest BCUT2D eigenvalue weighted by atomic mass is 32.1. The van der Waals surface area contributed by atoms with Crippen LogP contribution in [-0.2, 0) is 63.1 Å². The lowest BCUT2D eigenvalue weighted by Crippen LogP contribution is -2.60. The number of carbonyl (C=O) groups is 12. The Labute approximate surface area is 639 Å². The number of esters is 1. The average molecular weight is 1530 g/mol. The number of primary amides is 1. The van der Waals surface area contributed by atoms with Crippen LogP contribution >= 0.6 is 12.2 Å². The van der Waals surface area contributed by atoms with Crippen molar-refractivity contribution in [1.29, 1.82) is 0 Å². The SMILES string of the molecule is C=CCCCCCCN(CC(=O)N1CCC[C@H]1C(=O)N[C@H](C(=O)N[C@@H](C)C(=O)N1CCC[C@H]1C(=O)N1CCC[C@H]1C(=O)N(CCCCCCC=C)CC(=O)N[C@@H](CCC(=O)O)C(N)=O)[C@@H](C)O)C(=O)[C@@H]1CCCN1C(=O)CCCCNC(=S)Nc1ccc2c(c1)C1(OC2=O)c2ccc(O)cc2Oc2cc(O)ccc21. The average Bonchev–Trinajstić information content (AvgIpc) is 1.59. The number of amides is 10. The molecule has 30 nitrogen and oxygen atoms in total. The number of unbranched alkanes of at least 4 members (excludes halogenated alkanes) is 9. The first-order valence-corrected chi connectivity index (χ1v) is 38.5. The van der Waals surface area contributed by atoms with E-state index in [0.29, 0.717) is 105 Å². The molecule has 4 saturated heterocycles. The lowest BCUT2D eigenvalue weighted by Gasteiger charge is -2.36. The molecule has 11 N–H and O–H groups in total. The first kappa shape index (κ1) is 82.9. The second-order valence-electron chi connectivity index (χ2n) is 28.9. The molecular formula is C78H104N12O18S. The molecule has 10 amide bonds. The molecule has 0 radical (unpaired) electrons. The van der Waals surface area contributed by atoms with Crippen LogP contribution in [0.15, 0.2) is 79.9 Å². The summed E-state index contributed by atoms with van der Waals surface area (Å²) in [5.74, 6) is -7.57. The predicted octanol–water partition coefficient (Wildman–Crippen LogP) is 5.22. The molecule has 6 aliphatic rings. The van der Waals surface area contributed by atoms with Crippen LogP contribution < -0.4 is 37.1 Å². The number of nitrogens with two attached hydrogens (primary N) is 1. The number of hydrogen-bond donors (Lipinski definition) is 10. The van der Waals surface area contributed by atoms with Gasteiger partial charge in [-0.1, -0.05) is 37.8 Å². The summed E-state index contributed by atoms with van der Waals surface area (Å²) in [6, 6.07) is 5.92. The molecule has 6 aliphatic heterocycles. The van der Waals surface area contributed by atoms with E-state index in [1.807, 2.05) is 12.2 Å². The Morgan fingerprint density at radius 1 is 0.642 bits per heavy atom. The molecule has 0 aromatic heterocycles. The fraction of sp³-hybridized carbons (Fsp3) is 0.551. The smallest absolute Gasteiger partial charge is 0.340 e. The van der Waals surface area contributed by atoms with E-state index in [4.69, 9.17) is 27.4 Å². The van der Waals surface area contributed by atoms with Gasteiger partial charge in [0, 0.05) is 93.2 Å². The maximum Gasteiger partial charge on any atom is 0.340 e. The number of likely N-dealkylation sites (tertiary alicyclic amines) is 4. The molecule has 0 saturated carbocycles. The maximum atomic E-state index is 14.8. The van der Waals surface area contributed by atoms with Crippen molar-refractivity contribution in [2.45, 2.75) is 216 Å². The summed E-state index contributed by atoms with van der Waals surface area (Å²) in [7, 11) is 0. The minimum atomic E-state index is -1.61. The lowest BCUT2D eigenvalue weighted by atomic mass is 9.77. The van der Waals surface area contributed by atoms with Crippen LogP contribution in [0.3, 0.4) is 0 Å². The first-order chi connectivity index (χ1) is 52.3.